The van der Waals surface area contributed by atoms with Gasteiger partial charge >= 0.3 is 7.32 Å². The number of halogens is 1. The van der Waals surface area contributed by atoms with Crippen molar-refractivity contribution in [2.45, 2.75) is 0 Å². The number of hydrogen-bond acceptors (Lipinski definition) is 4. The lowest BCUT2D eigenvalue weighted by molar-refractivity contribution is 0.191. The molecule has 13 heavy (non-hydrogen) atoms. The monoisotopic (exact) mass is 186 g/mol. The second-order valence-corrected chi connectivity index (χ2v) is 2.17. The number of rotatable bonds is 4. The molecule has 0 amide bonds. The molecule has 4 nitrogen and oxygen atoms in total. The Hall–Kier alpha value is -1.27. The fourth-order valence-electron chi connectivity index (χ4n) is 0.822. The summed E-state index contributed by atoms with van der Waals surface area (Å²) in [6.45, 7) is -0.939. The first-order valence-electron chi connectivity index (χ1n) is 3.54. The van der Waals surface area contributed by atoms with E-state index in [1.807, 2.05) is 0 Å². The quantitative estimate of drug-likeness (QED) is 0.665. The minimum atomic E-state index is -1.89. The Kier molecular flexibility index (Phi) is 3.54. The predicted molar refractivity (Wildman–Crippen MR) is 43.9 cm³/mol. The lowest BCUT2D eigenvalue weighted by Crippen LogP contribution is -2.20. The number of alkyl halides is 1. The van der Waals surface area contributed by atoms with Crippen LogP contribution in [-0.2, 0) is 0 Å². The molecular weight excluding hydrogens is 178 g/mol. The first-order chi connectivity index (χ1) is 6.22. The van der Waals surface area contributed by atoms with Crippen LogP contribution in [0.25, 0.3) is 0 Å². The van der Waals surface area contributed by atoms with Crippen molar-refractivity contribution in [3.05, 3.63) is 24.3 Å². The first-order valence-corrected chi connectivity index (χ1v) is 3.54. The van der Waals surface area contributed by atoms with Gasteiger partial charge in [0.2, 0.25) is 6.86 Å². The summed E-state index contributed by atoms with van der Waals surface area (Å²) >= 11 is 0. The average molecular weight is 186 g/mol. The van der Waals surface area contributed by atoms with E-state index >= 15 is 0 Å². The topological polar surface area (TPSA) is 58.9 Å². The van der Waals surface area contributed by atoms with Gasteiger partial charge in [0.25, 0.3) is 0 Å². The van der Waals surface area contributed by atoms with E-state index in [4.69, 9.17) is 10.0 Å². The Morgan fingerprint density at radius 3 is 2.62 bits per heavy atom. The highest BCUT2D eigenvalue weighted by atomic mass is 19.1. The Labute approximate surface area is 74.7 Å². The van der Waals surface area contributed by atoms with Gasteiger partial charge in [-0.2, -0.15) is 0 Å². The Morgan fingerprint density at radius 1 is 1.31 bits per heavy atom. The SMILES string of the molecule is OB(O)Oc1cccc(OCF)c1. The van der Waals surface area contributed by atoms with Gasteiger partial charge in [0.15, 0.2) is 0 Å². The first kappa shape index (κ1) is 9.82. The van der Waals surface area contributed by atoms with E-state index in [0.717, 1.165) is 0 Å². The molecule has 0 aliphatic heterocycles. The molecule has 0 saturated carbocycles. The van der Waals surface area contributed by atoms with Crippen molar-refractivity contribution >= 4 is 7.32 Å². The largest absolute Gasteiger partial charge is 0.707 e. The average Bonchev–Trinajstić information content (AvgIpc) is 2.04. The van der Waals surface area contributed by atoms with Gasteiger partial charge in [-0.1, -0.05) is 6.07 Å². The summed E-state index contributed by atoms with van der Waals surface area (Å²) in [6.07, 6.45) is 0. The van der Waals surface area contributed by atoms with Crippen LogP contribution in [0.1, 0.15) is 0 Å². The van der Waals surface area contributed by atoms with Gasteiger partial charge in [-0.05, 0) is 12.1 Å². The maximum Gasteiger partial charge on any atom is 0.707 e. The smallest absolute Gasteiger partial charge is 0.512 e. The van der Waals surface area contributed by atoms with Crippen LogP contribution in [0.2, 0.25) is 0 Å². The van der Waals surface area contributed by atoms with Crippen LogP contribution < -0.4 is 9.39 Å². The fourth-order valence-corrected chi connectivity index (χ4v) is 0.822. The number of benzene rings is 1. The molecule has 0 aromatic heterocycles. The van der Waals surface area contributed by atoms with E-state index in [1.54, 1.807) is 6.07 Å². The Bertz CT molecular complexity index is 268. The fraction of sp³-hybridized carbons (Fsp3) is 0.143. The number of hydrogen-bond donors (Lipinski definition) is 2. The van der Waals surface area contributed by atoms with Gasteiger partial charge in [0.05, 0.1) is 0 Å². The summed E-state index contributed by atoms with van der Waals surface area (Å²) in [5.41, 5.74) is 0. The molecule has 0 radical (unpaired) electrons. The third-order valence-electron chi connectivity index (χ3n) is 1.27. The zero-order valence-corrected chi connectivity index (χ0v) is 6.68. The predicted octanol–water partition coefficient (Wildman–Crippen LogP) is 0.341. The van der Waals surface area contributed by atoms with Crippen LogP contribution in [0.4, 0.5) is 4.39 Å². The van der Waals surface area contributed by atoms with Crippen LogP contribution in [0, 0.1) is 0 Å². The molecule has 0 heterocycles. The minimum absolute atomic E-state index is 0.195. The van der Waals surface area contributed by atoms with Gasteiger partial charge in [-0.3, -0.25) is 0 Å². The second-order valence-electron chi connectivity index (χ2n) is 2.17. The second kappa shape index (κ2) is 4.69. The molecule has 0 aliphatic carbocycles. The zero-order valence-electron chi connectivity index (χ0n) is 6.68. The molecule has 0 fully saturated rings. The molecule has 0 bridgehead atoms. The van der Waals surface area contributed by atoms with Crippen molar-refractivity contribution in [2.75, 3.05) is 6.86 Å². The maximum absolute atomic E-state index is 11.7. The molecule has 0 spiro atoms. The van der Waals surface area contributed by atoms with Crippen LogP contribution in [0.3, 0.4) is 0 Å². The van der Waals surface area contributed by atoms with Crippen molar-refractivity contribution in [3.63, 3.8) is 0 Å². The van der Waals surface area contributed by atoms with Gasteiger partial charge < -0.3 is 19.4 Å². The molecular formula is C7H8BFO4. The van der Waals surface area contributed by atoms with E-state index in [-0.39, 0.29) is 11.5 Å². The summed E-state index contributed by atoms with van der Waals surface area (Å²) in [6, 6.07) is 5.91. The van der Waals surface area contributed by atoms with Crippen LogP contribution in [0.15, 0.2) is 24.3 Å². The van der Waals surface area contributed by atoms with E-state index in [0.29, 0.717) is 0 Å². The third-order valence-corrected chi connectivity index (χ3v) is 1.27. The van der Waals surface area contributed by atoms with E-state index in [2.05, 4.69) is 9.39 Å². The van der Waals surface area contributed by atoms with Crippen molar-refractivity contribution in [3.8, 4) is 11.5 Å². The Morgan fingerprint density at radius 2 is 2.00 bits per heavy atom. The van der Waals surface area contributed by atoms with Gasteiger partial charge in [0.1, 0.15) is 11.5 Å². The molecule has 0 aliphatic rings. The van der Waals surface area contributed by atoms with Crippen molar-refractivity contribution in [1.82, 2.24) is 0 Å². The standard InChI is InChI=1S/C7H8BFO4/c9-5-12-6-2-1-3-7(4-6)13-8(10)11/h1-4,10-11H,5H2. The lowest BCUT2D eigenvalue weighted by Gasteiger charge is -2.06. The van der Waals surface area contributed by atoms with E-state index in [9.17, 15) is 4.39 Å². The van der Waals surface area contributed by atoms with Gasteiger partial charge in [-0.25, -0.2) is 4.39 Å². The molecule has 70 valence electrons. The molecule has 1 aromatic carbocycles. The summed E-state index contributed by atoms with van der Waals surface area (Å²) in [5.74, 6) is 0.460. The highest BCUT2D eigenvalue weighted by Crippen LogP contribution is 2.19. The van der Waals surface area contributed by atoms with Crippen molar-refractivity contribution in [2.24, 2.45) is 0 Å². The summed E-state index contributed by atoms with van der Waals surface area (Å²) in [5, 5.41) is 16.9. The molecule has 1 rings (SSSR count). The zero-order chi connectivity index (χ0) is 9.68. The van der Waals surface area contributed by atoms with Crippen LogP contribution in [0.5, 0.6) is 11.5 Å². The van der Waals surface area contributed by atoms with Gasteiger partial charge in [0, 0.05) is 6.07 Å². The molecule has 0 unspecified atom stereocenters. The molecule has 1 aromatic rings. The minimum Gasteiger partial charge on any atom is -0.512 e. The Balaban J connectivity index is 2.67. The summed E-state index contributed by atoms with van der Waals surface area (Å²) < 4.78 is 20.7. The van der Waals surface area contributed by atoms with E-state index in [1.165, 1.54) is 18.2 Å². The van der Waals surface area contributed by atoms with E-state index < -0.39 is 14.2 Å². The third kappa shape index (κ3) is 3.31. The lowest BCUT2D eigenvalue weighted by atomic mass is 10.2. The highest BCUT2D eigenvalue weighted by Gasteiger charge is 2.11. The maximum atomic E-state index is 11.7. The van der Waals surface area contributed by atoms with Crippen LogP contribution >= 0.6 is 0 Å². The highest BCUT2D eigenvalue weighted by molar-refractivity contribution is 6.33. The molecule has 0 atom stereocenters. The molecule has 2 N–H and O–H groups in total. The number of ether oxygens (including phenoxy) is 1. The van der Waals surface area contributed by atoms with Crippen molar-refractivity contribution in [1.29, 1.82) is 0 Å². The molecule has 6 heteroatoms. The molecule has 0 saturated heterocycles. The van der Waals surface area contributed by atoms with Gasteiger partial charge in [-0.15, -0.1) is 0 Å². The summed E-state index contributed by atoms with van der Waals surface area (Å²) in [7, 11) is -1.89. The normalized spacial score (nSPS) is 9.46. The van der Waals surface area contributed by atoms with Crippen LogP contribution in [-0.4, -0.2) is 24.2 Å². The summed E-state index contributed by atoms with van der Waals surface area (Å²) in [4.78, 5) is 0. The van der Waals surface area contributed by atoms with Crippen molar-refractivity contribution < 1.29 is 23.8 Å².